The van der Waals surface area contributed by atoms with Crippen LogP contribution in [0, 0.1) is 5.92 Å². The van der Waals surface area contributed by atoms with Crippen molar-refractivity contribution in [1.29, 1.82) is 0 Å². The maximum atomic E-state index is 13.8. The standard InChI is InChI=1S/C46H46N8O8S3/c1-4-37(55)54-22-30(62-34-11-10-28(18-33(34)54)50-42(56)25-8-12-35-31(15-25)38-40(63-35)44(58)49-24(3)20-47-38)17-27-19-46(27)23-48-39-32-16-26(9-13-36(32)64-41(39)45(59)52-46)43(57)51-29-7-6-14-53(21-29)65(60,61)5-2/h4-5,8-13,15-16,18,24,27,29-30,47-48H,1-2,6-7,14,17,19-23H2,3H3,(H,49,58)(H,50,56)(H,51,57)(H,52,59)/t24-,27?,29?,30+,46?/m1/s1. The van der Waals surface area contributed by atoms with E-state index in [9.17, 15) is 32.4 Å². The fraction of sp³-hybridized carbons (Fsp3) is 0.326. The zero-order valence-corrected chi connectivity index (χ0v) is 37.8. The third-order valence-corrected chi connectivity index (χ3v) is 16.7. The number of carbonyl (C=O) groups is 5. The zero-order valence-electron chi connectivity index (χ0n) is 35.3. The molecule has 4 aliphatic heterocycles. The highest BCUT2D eigenvalue weighted by atomic mass is 32.2. The number of benzene rings is 3. The molecule has 19 heteroatoms. The number of ether oxygens (including phenoxy) is 1. The van der Waals surface area contributed by atoms with E-state index in [1.165, 1.54) is 33.1 Å². The Balaban J connectivity index is 0.806. The molecule has 1 saturated heterocycles. The number of piperidine rings is 1. The van der Waals surface area contributed by atoms with Crippen molar-refractivity contribution < 1.29 is 37.1 Å². The van der Waals surface area contributed by atoms with Crippen molar-refractivity contribution in [3.05, 3.63) is 100 Å². The molecule has 1 aliphatic carbocycles. The van der Waals surface area contributed by atoms with Crippen LogP contribution in [0.4, 0.5) is 22.7 Å². The summed E-state index contributed by atoms with van der Waals surface area (Å²) in [5.41, 5.74) is 2.61. The third-order valence-electron chi connectivity index (χ3n) is 12.9. The van der Waals surface area contributed by atoms with Gasteiger partial charge in [-0.3, -0.25) is 24.0 Å². The fourth-order valence-electron chi connectivity index (χ4n) is 9.43. The second kappa shape index (κ2) is 16.3. The molecule has 0 bridgehead atoms. The number of thiophene rings is 2. The molecule has 0 radical (unpaired) electrons. The summed E-state index contributed by atoms with van der Waals surface area (Å²) in [4.78, 5) is 69.7. The molecule has 2 aromatic heterocycles. The first kappa shape index (κ1) is 42.7. The van der Waals surface area contributed by atoms with E-state index >= 15 is 0 Å². The summed E-state index contributed by atoms with van der Waals surface area (Å²) < 4.78 is 34.3. The van der Waals surface area contributed by atoms with Gasteiger partial charge < -0.3 is 41.5 Å². The number of hydrogen-bond acceptors (Lipinski definition) is 12. The minimum atomic E-state index is -3.60. The largest absolute Gasteiger partial charge is 0.486 e. The van der Waals surface area contributed by atoms with Crippen LogP contribution in [-0.4, -0.2) is 98.7 Å². The Labute approximate surface area is 382 Å². The van der Waals surface area contributed by atoms with Crippen LogP contribution in [0.25, 0.3) is 20.2 Å². The summed E-state index contributed by atoms with van der Waals surface area (Å²) >= 11 is 2.72. The average molecular weight is 935 g/mol. The summed E-state index contributed by atoms with van der Waals surface area (Å²) in [7, 11) is -3.60. The van der Waals surface area contributed by atoms with Crippen molar-refractivity contribution in [3.63, 3.8) is 0 Å². The van der Waals surface area contributed by atoms with Crippen molar-refractivity contribution in [1.82, 2.24) is 20.3 Å². The van der Waals surface area contributed by atoms with E-state index in [4.69, 9.17) is 4.74 Å². The van der Waals surface area contributed by atoms with E-state index < -0.39 is 21.7 Å². The quantitative estimate of drug-likeness (QED) is 0.0971. The van der Waals surface area contributed by atoms with E-state index in [0.29, 0.717) is 94.7 Å². The SMILES string of the molecule is C=CC(=O)N1C[C@H](CC2CC23CNc2c(sc4ccc(C(=O)NC5CCCN(S(=O)(=O)C=C)C5)cc24)C(=O)N3)Oc2ccc(NC(=O)c3ccc4sc5c(c4c3)NC[C@@H](C)NC5=O)cc21. The number of rotatable bonds is 9. The Kier molecular flexibility index (Phi) is 10.7. The molecule has 6 N–H and O–H groups in total. The lowest BCUT2D eigenvalue weighted by Crippen LogP contribution is -2.49. The molecular formula is C46H46N8O8S3. The first-order valence-corrected chi connectivity index (χ1v) is 24.6. The second-order valence-corrected chi connectivity index (χ2v) is 21.3. The van der Waals surface area contributed by atoms with E-state index in [-0.39, 0.29) is 60.6 Å². The number of nitrogens with zero attached hydrogens (tertiary/aromatic N) is 2. The van der Waals surface area contributed by atoms with Crippen molar-refractivity contribution in [2.24, 2.45) is 5.92 Å². The predicted octanol–water partition coefficient (Wildman–Crippen LogP) is 5.86. The number of anilines is 4. The van der Waals surface area contributed by atoms with Crippen LogP contribution in [0.1, 0.15) is 72.7 Å². The smallest absolute Gasteiger partial charge is 0.264 e. The molecule has 65 heavy (non-hydrogen) atoms. The summed E-state index contributed by atoms with van der Waals surface area (Å²) in [6, 6.07) is 15.4. The molecule has 2 fully saturated rings. The number of hydrogen-bond donors (Lipinski definition) is 6. The molecule has 10 rings (SSSR count). The van der Waals surface area contributed by atoms with Gasteiger partial charge in [-0.2, -0.15) is 4.31 Å². The summed E-state index contributed by atoms with van der Waals surface area (Å²) in [5, 5.41) is 21.6. The number of fused-ring (bicyclic) bond motifs is 7. The minimum Gasteiger partial charge on any atom is -0.486 e. The number of sulfonamides is 1. The molecule has 336 valence electrons. The predicted molar refractivity (Wildman–Crippen MR) is 253 cm³/mol. The van der Waals surface area contributed by atoms with Gasteiger partial charge in [0, 0.05) is 80.7 Å². The van der Waals surface area contributed by atoms with E-state index in [2.05, 4.69) is 45.1 Å². The Morgan fingerprint density at radius 3 is 2.35 bits per heavy atom. The van der Waals surface area contributed by atoms with Gasteiger partial charge in [0.15, 0.2) is 0 Å². The molecule has 1 spiro atoms. The summed E-state index contributed by atoms with van der Waals surface area (Å²) in [6.07, 6.45) is 3.36. The van der Waals surface area contributed by atoms with Gasteiger partial charge in [0.05, 0.1) is 29.1 Å². The van der Waals surface area contributed by atoms with Crippen LogP contribution in [0.3, 0.4) is 0 Å². The van der Waals surface area contributed by atoms with Crippen LogP contribution >= 0.6 is 22.7 Å². The number of amides is 5. The van der Waals surface area contributed by atoms with Crippen LogP contribution in [-0.2, 0) is 14.8 Å². The van der Waals surface area contributed by atoms with Crippen molar-refractivity contribution in [2.75, 3.05) is 53.6 Å². The topological polar surface area (TPSA) is 207 Å². The van der Waals surface area contributed by atoms with Crippen molar-refractivity contribution in [3.8, 4) is 5.75 Å². The van der Waals surface area contributed by atoms with Gasteiger partial charge in [0.25, 0.3) is 29.5 Å². The van der Waals surface area contributed by atoms with E-state index in [0.717, 1.165) is 25.6 Å². The molecule has 16 nitrogen and oxygen atoms in total. The van der Waals surface area contributed by atoms with E-state index in [1.54, 1.807) is 47.4 Å². The fourth-order valence-corrected chi connectivity index (χ4v) is 12.5. The molecule has 5 aromatic rings. The molecule has 6 heterocycles. The molecule has 3 aromatic carbocycles. The molecule has 3 unspecified atom stereocenters. The maximum absolute atomic E-state index is 13.8. The lowest BCUT2D eigenvalue weighted by molar-refractivity contribution is -0.114. The van der Waals surface area contributed by atoms with Gasteiger partial charge in [0.1, 0.15) is 21.6 Å². The van der Waals surface area contributed by atoms with Gasteiger partial charge >= 0.3 is 0 Å². The van der Waals surface area contributed by atoms with Crippen LogP contribution < -0.4 is 41.5 Å². The lowest BCUT2D eigenvalue weighted by atomic mass is 10.0. The van der Waals surface area contributed by atoms with Gasteiger partial charge in [-0.25, -0.2) is 8.42 Å². The maximum Gasteiger partial charge on any atom is 0.264 e. The molecule has 5 atom stereocenters. The normalized spacial score (nSPS) is 23.8. The number of carbonyl (C=O) groups excluding carboxylic acids is 5. The third kappa shape index (κ3) is 7.89. The van der Waals surface area contributed by atoms with Crippen molar-refractivity contribution >= 4 is 105 Å². The van der Waals surface area contributed by atoms with Gasteiger partial charge in [0.2, 0.25) is 10.0 Å². The van der Waals surface area contributed by atoms with Crippen LogP contribution in [0.2, 0.25) is 0 Å². The minimum absolute atomic E-state index is 0.0369. The van der Waals surface area contributed by atoms with Gasteiger partial charge in [-0.1, -0.05) is 13.2 Å². The highest BCUT2D eigenvalue weighted by Gasteiger charge is 2.57. The first-order valence-electron chi connectivity index (χ1n) is 21.5. The highest BCUT2D eigenvalue weighted by Crippen LogP contribution is 2.51. The first-order chi connectivity index (χ1) is 31.2. The second-order valence-electron chi connectivity index (χ2n) is 17.3. The van der Waals surface area contributed by atoms with Crippen molar-refractivity contribution in [2.45, 2.75) is 56.3 Å². The average Bonchev–Trinajstić information content (AvgIpc) is 3.72. The monoisotopic (exact) mass is 934 g/mol. The lowest BCUT2D eigenvalue weighted by Gasteiger charge is -2.35. The summed E-state index contributed by atoms with van der Waals surface area (Å²) in [5.74, 6) is -0.834. The highest BCUT2D eigenvalue weighted by molar-refractivity contribution is 7.92. The van der Waals surface area contributed by atoms with Crippen LogP contribution in [0.5, 0.6) is 5.75 Å². The van der Waals surface area contributed by atoms with Gasteiger partial charge in [-0.15, -0.1) is 22.7 Å². The zero-order chi connectivity index (χ0) is 45.4. The Morgan fingerprint density at radius 1 is 0.923 bits per heavy atom. The van der Waals surface area contributed by atoms with E-state index in [1.807, 2.05) is 19.1 Å². The Hall–Kier alpha value is -6.28. The summed E-state index contributed by atoms with van der Waals surface area (Å²) in [6.45, 7) is 10.9. The molecule has 5 aliphatic rings. The number of nitrogens with one attached hydrogen (secondary N) is 6. The van der Waals surface area contributed by atoms with Crippen LogP contribution in [0.15, 0.2) is 79.2 Å². The molecule has 1 saturated carbocycles. The molecular weight excluding hydrogens is 889 g/mol. The Morgan fingerprint density at radius 2 is 1.63 bits per heavy atom. The Bertz CT molecular complexity index is 3000. The van der Waals surface area contributed by atoms with Gasteiger partial charge in [-0.05, 0) is 99.2 Å². The molecule has 5 amide bonds.